The second-order valence-electron chi connectivity index (χ2n) is 6.30. The van der Waals surface area contributed by atoms with Gasteiger partial charge >= 0.3 is 0 Å². The van der Waals surface area contributed by atoms with Crippen LogP contribution in [0.1, 0.15) is 60.4 Å². The summed E-state index contributed by atoms with van der Waals surface area (Å²) in [6, 6.07) is 2.67. The number of carbonyl (C=O) groups excluding carboxylic acids is 1. The Morgan fingerprint density at radius 2 is 1.79 bits per heavy atom. The number of hydrogen-bond donors (Lipinski definition) is 0. The fourth-order valence-corrected chi connectivity index (χ4v) is 3.50. The average Bonchev–Trinajstić information content (AvgIpc) is 3.24. The molecule has 0 bridgehead atoms. The average molecular weight is 280 g/mol. The fraction of sp³-hybridized carbons (Fsp3) is 0.688. The number of Topliss-reactive ketones (excluding diaryl/α,β-unsaturated/α-hetero) is 1. The van der Waals surface area contributed by atoms with Gasteiger partial charge in [-0.3, -0.25) is 4.79 Å². The third-order valence-corrected chi connectivity index (χ3v) is 4.82. The number of rotatable bonds is 5. The lowest BCUT2D eigenvalue weighted by molar-refractivity contribution is 0.0991. The van der Waals surface area contributed by atoms with Gasteiger partial charge in [0.2, 0.25) is 0 Å². The van der Waals surface area contributed by atoms with Gasteiger partial charge < -0.3 is 4.57 Å². The molecule has 0 amide bonds. The summed E-state index contributed by atoms with van der Waals surface area (Å²) in [5.41, 5.74) is 3.17. The van der Waals surface area contributed by atoms with E-state index in [1.165, 1.54) is 31.4 Å². The van der Waals surface area contributed by atoms with Gasteiger partial charge in [-0.25, -0.2) is 0 Å². The van der Waals surface area contributed by atoms with E-state index in [0.29, 0.717) is 6.04 Å². The Balaban J connectivity index is 1.99. The van der Waals surface area contributed by atoms with Crippen LogP contribution >= 0.6 is 11.6 Å². The summed E-state index contributed by atoms with van der Waals surface area (Å²) in [5, 5.41) is -0.436. The molecular formula is C16H22ClNO. The maximum absolute atomic E-state index is 12.2. The van der Waals surface area contributed by atoms with E-state index in [1.807, 2.05) is 6.07 Å². The number of carbonyl (C=O) groups is 1. The van der Waals surface area contributed by atoms with Crippen LogP contribution in [0.5, 0.6) is 0 Å². The summed E-state index contributed by atoms with van der Waals surface area (Å²) in [7, 11) is 0. The highest BCUT2D eigenvalue weighted by Crippen LogP contribution is 2.53. The molecule has 0 N–H and O–H groups in total. The molecule has 0 aliphatic heterocycles. The molecule has 3 rings (SSSR count). The first-order chi connectivity index (χ1) is 9.00. The van der Waals surface area contributed by atoms with Gasteiger partial charge in [0.05, 0.1) is 5.38 Å². The highest BCUT2D eigenvalue weighted by Gasteiger charge is 2.43. The van der Waals surface area contributed by atoms with Crippen LogP contribution < -0.4 is 0 Å². The minimum Gasteiger partial charge on any atom is -0.345 e. The molecule has 1 atom stereocenters. The SMILES string of the molecule is Cc1cc(C(=O)C(C)Cl)c(C)n1C(C1CC1)C1CC1. The molecule has 0 spiro atoms. The fourth-order valence-electron chi connectivity index (χ4n) is 3.38. The van der Waals surface area contributed by atoms with Crippen LogP contribution in [-0.2, 0) is 0 Å². The molecule has 1 unspecified atom stereocenters. The van der Waals surface area contributed by atoms with E-state index in [4.69, 9.17) is 11.6 Å². The van der Waals surface area contributed by atoms with Crippen molar-refractivity contribution in [1.82, 2.24) is 4.57 Å². The Morgan fingerprint density at radius 1 is 1.26 bits per heavy atom. The van der Waals surface area contributed by atoms with Gasteiger partial charge in [0, 0.05) is 23.0 Å². The topological polar surface area (TPSA) is 22.0 Å². The lowest BCUT2D eigenvalue weighted by atomic mass is 10.1. The molecule has 2 fully saturated rings. The largest absolute Gasteiger partial charge is 0.345 e. The summed E-state index contributed by atoms with van der Waals surface area (Å²) >= 11 is 5.97. The predicted octanol–water partition coefficient (Wildman–Crippen LogP) is 4.28. The smallest absolute Gasteiger partial charge is 0.182 e. The molecule has 2 nitrogen and oxygen atoms in total. The molecule has 19 heavy (non-hydrogen) atoms. The number of halogens is 1. The number of nitrogens with zero attached hydrogens (tertiary/aromatic N) is 1. The summed E-state index contributed by atoms with van der Waals surface area (Å²) < 4.78 is 2.43. The Hall–Kier alpha value is -0.760. The summed E-state index contributed by atoms with van der Waals surface area (Å²) in [4.78, 5) is 12.2. The van der Waals surface area contributed by atoms with Gasteiger partial charge in [-0.2, -0.15) is 0 Å². The maximum atomic E-state index is 12.2. The lowest BCUT2D eigenvalue weighted by Gasteiger charge is -2.22. The van der Waals surface area contributed by atoms with E-state index >= 15 is 0 Å². The van der Waals surface area contributed by atoms with Crippen molar-refractivity contribution in [3.63, 3.8) is 0 Å². The summed E-state index contributed by atoms with van der Waals surface area (Å²) in [6.07, 6.45) is 5.42. The van der Waals surface area contributed by atoms with Gasteiger partial charge in [0.15, 0.2) is 5.78 Å². The summed E-state index contributed by atoms with van der Waals surface area (Å²) in [6.45, 7) is 5.97. The summed E-state index contributed by atoms with van der Waals surface area (Å²) in [5.74, 6) is 1.74. The molecule has 0 radical (unpaired) electrons. The number of aromatic nitrogens is 1. The first-order valence-electron chi connectivity index (χ1n) is 7.37. The van der Waals surface area contributed by atoms with Crippen LogP contribution in [0.4, 0.5) is 0 Å². The highest BCUT2D eigenvalue weighted by molar-refractivity contribution is 6.33. The van der Waals surface area contributed by atoms with Gasteiger partial charge in [-0.15, -0.1) is 11.6 Å². The van der Waals surface area contributed by atoms with Crippen molar-refractivity contribution in [2.24, 2.45) is 11.8 Å². The molecular weight excluding hydrogens is 258 g/mol. The zero-order valence-corrected chi connectivity index (χ0v) is 12.7. The molecule has 1 aromatic rings. The van der Waals surface area contributed by atoms with Crippen LogP contribution in [0.25, 0.3) is 0 Å². The number of aryl methyl sites for hydroxylation is 1. The first kappa shape index (κ1) is 13.2. The van der Waals surface area contributed by atoms with E-state index in [9.17, 15) is 4.79 Å². The Morgan fingerprint density at radius 3 is 2.21 bits per heavy atom. The quantitative estimate of drug-likeness (QED) is 0.583. The molecule has 0 saturated heterocycles. The molecule has 3 heteroatoms. The number of alkyl halides is 1. The van der Waals surface area contributed by atoms with Crippen molar-refractivity contribution in [3.8, 4) is 0 Å². The second kappa shape index (κ2) is 4.66. The minimum absolute atomic E-state index is 0.0614. The first-order valence-corrected chi connectivity index (χ1v) is 7.81. The van der Waals surface area contributed by atoms with Crippen LogP contribution in [0, 0.1) is 25.7 Å². The Bertz CT molecular complexity index is 497. The molecule has 2 aliphatic rings. The molecule has 1 heterocycles. The van der Waals surface area contributed by atoms with Gasteiger partial charge in [0.25, 0.3) is 0 Å². The molecule has 2 aliphatic carbocycles. The highest BCUT2D eigenvalue weighted by atomic mass is 35.5. The van der Waals surface area contributed by atoms with Crippen LogP contribution in [0.15, 0.2) is 6.07 Å². The molecule has 1 aromatic heterocycles. The molecule has 104 valence electrons. The molecule has 0 aromatic carbocycles. The standard InChI is InChI=1S/C16H22ClNO/c1-9-8-14(16(19)10(2)17)11(3)18(9)15(12-4-5-12)13-6-7-13/h8,10,12-13,15H,4-7H2,1-3H3. The van der Waals surface area contributed by atoms with E-state index in [0.717, 1.165) is 23.1 Å². The lowest BCUT2D eigenvalue weighted by Crippen LogP contribution is -2.18. The zero-order valence-electron chi connectivity index (χ0n) is 11.9. The van der Waals surface area contributed by atoms with E-state index < -0.39 is 5.38 Å². The maximum Gasteiger partial charge on any atom is 0.182 e. The number of ketones is 1. The predicted molar refractivity (Wildman–Crippen MR) is 78.0 cm³/mol. The monoisotopic (exact) mass is 279 g/mol. The van der Waals surface area contributed by atoms with Crippen LogP contribution in [0.3, 0.4) is 0 Å². The van der Waals surface area contributed by atoms with E-state index in [-0.39, 0.29) is 5.78 Å². The minimum atomic E-state index is -0.436. The van der Waals surface area contributed by atoms with E-state index in [1.54, 1.807) is 6.92 Å². The van der Waals surface area contributed by atoms with E-state index in [2.05, 4.69) is 18.4 Å². The van der Waals surface area contributed by atoms with Crippen molar-refractivity contribution < 1.29 is 4.79 Å². The van der Waals surface area contributed by atoms with Gasteiger partial charge in [-0.1, -0.05) is 0 Å². The number of hydrogen-bond acceptors (Lipinski definition) is 1. The molecule has 2 saturated carbocycles. The van der Waals surface area contributed by atoms with Gasteiger partial charge in [-0.05, 0) is 64.4 Å². The van der Waals surface area contributed by atoms with Crippen LogP contribution in [0.2, 0.25) is 0 Å². The van der Waals surface area contributed by atoms with Gasteiger partial charge in [0.1, 0.15) is 0 Å². The normalized spacial score (nSPS) is 20.9. The van der Waals surface area contributed by atoms with Crippen LogP contribution in [-0.4, -0.2) is 15.7 Å². The van der Waals surface area contributed by atoms with Crippen molar-refractivity contribution in [3.05, 3.63) is 23.0 Å². The zero-order chi connectivity index (χ0) is 13.7. The van der Waals surface area contributed by atoms with Crippen molar-refractivity contribution >= 4 is 17.4 Å². The Labute approximate surface area is 120 Å². The Kier molecular flexibility index (Phi) is 3.24. The second-order valence-corrected chi connectivity index (χ2v) is 6.96. The van der Waals surface area contributed by atoms with Crippen molar-refractivity contribution in [2.45, 2.75) is 57.9 Å². The van der Waals surface area contributed by atoms with Crippen molar-refractivity contribution in [2.75, 3.05) is 0 Å². The van der Waals surface area contributed by atoms with Crippen molar-refractivity contribution in [1.29, 1.82) is 0 Å². The third kappa shape index (κ3) is 2.35. The third-order valence-electron chi connectivity index (χ3n) is 4.62.